The number of carbonyl (C=O) groups excluding carboxylic acids is 1. The van der Waals surface area contributed by atoms with E-state index in [0.717, 1.165) is 5.06 Å². The maximum atomic E-state index is 11.6. The highest BCUT2D eigenvalue weighted by molar-refractivity contribution is 5.78. The zero-order valence-corrected chi connectivity index (χ0v) is 9.54. The minimum absolute atomic E-state index is 0.111. The summed E-state index contributed by atoms with van der Waals surface area (Å²) in [5, 5.41) is 1.06. The largest absolute Gasteiger partial charge is 0.420 e. The number of hydrogen-bond acceptors (Lipinski definition) is 4. The van der Waals surface area contributed by atoms with Crippen LogP contribution in [0, 0.1) is 0 Å². The smallest absolute Gasteiger partial charge is 0.408 e. The Kier molecular flexibility index (Phi) is 2.97. The third-order valence-corrected chi connectivity index (χ3v) is 2.49. The third kappa shape index (κ3) is 2.07. The van der Waals surface area contributed by atoms with Crippen LogP contribution in [0.2, 0.25) is 0 Å². The number of carbonyl (C=O) groups is 1. The van der Waals surface area contributed by atoms with Crippen molar-refractivity contribution in [3.8, 4) is 0 Å². The average Bonchev–Trinajstić information content (AvgIpc) is 2.65. The maximum Gasteiger partial charge on any atom is 0.420 e. The monoisotopic (exact) mass is 236 g/mol. The first-order chi connectivity index (χ1) is 8.13. The van der Waals surface area contributed by atoms with Gasteiger partial charge in [0.05, 0.1) is 12.6 Å². The molecule has 17 heavy (non-hydrogen) atoms. The van der Waals surface area contributed by atoms with Crippen LogP contribution in [-0.4, -0.2) is 29.7 Å². The lowest BCUT2D eigenvalue weighted by Gasteiger charge is -2.13. The minimum atomic E-state index is -0.552. The molecular formula is C11H12N2O4. The van der Waals surface area contributed by atoms with Crippen molar-refractivity contribution in [3.63, 3.8) is 0 Å². The quantitative estimate of drug-likeness (QED) is 0.732. The summed E-state index contributed by atoms with van der Waals surface area (Å²) in [6.07, 6.45) is 0. The summed E-state index contributed by atoms with van der Waals surface area (Å²) >= 11 is 0. The normalized spacial score (nSPS) is 10.7. The topological polar surface area (TPSA) is 64.7 Å². The Bertz CT molecular complexity index is 599. The number of rotatable bonds is 3. The molecule has 0 saturated carbocycles. The van der Waals surface area contributed by atoms with Crippen molar-refractivity contribution in [1.82, 2.24) is 9.63 Å². The number of hydroxylamine groups is 2. The molecule has 0 atom stereocenters. The van der Waals surface area contributed by atoms with Crippen LogP contribution in [0.3, 0.4) is 0 Å². The van der Waals surface area contributed by atoms with Crippen LogP contribution < -0.4 is 5.76 Å². The van der Waals surface area contributed by atoms with Crippen molar-refractivity contribution in [2.45, 2.75) is 6.54 Å². The molecule has 0 saturated heterocycles. The van der Waals surface area contributed by atoms with E-state index in [4.69, 9.17) is 9.25 Å². The highest BCUT2D eigenvalue weighted by Gasteiger charge is 2.14. The van der Waals surface area contributed by atoms with E-state index in [0.29, 0.717) is 11.1 Å². The SMILES string of the molecule is CON(C)C(=O)Cn1c(=O)oc2ccccc21. The summed E-state index contributed by atoms with van der Waals surface area (Å²) in [5.74, 6) is -0.884. The number of aromatic nitrogens is 1. The third-order valence-electron chi connectivity index (χ3n) is 2.49. The second-order valence-corrected chi connectivity index (χ2v) is 3.50. The van der Waals surface area contributed by atoms with Crippen LogP contribution in [0.1, 0.15) is 0 Å². The first-order valence-electron chi connectivity index (χ1n) is 5.02. The molecule has 1 aromatic carbocycles. The molecular weight excluding hydrogens is 224 g/mol. The highest BCUT2D eigenvalue weighted by atomic mass is 16.7. The van der Waals surface area contributed by atoms with E-state index in [2.05, 4.69) is 0 Å². The summed E-state index contributed by atoms with van der Waals surface area (Å²) in [6.45, 7) is -0.111. The minimum Gasteiger partial charge on any atom is -0.408 e. The lowest BCUT2D eigenvalue weighted by Crippen LogP contribution is -2.31. The number of oxazole rings is 1. The van der Waals surface area contributed by atoms with Gasteiger partial charge < -0.3 is 4.42 Å². The molecule has 0 fully saturated rings. The fourth-order valence-electron chi connectivity index (χ4n) is 1.50. The summed E-state index contributed by atoms with van der Waals surface area (Å²) in [7, 11) is 2.86. The van der Waals surface area contributed by atoms with E-state index in [9.17, 15) is 9.59 Å². The summed E-state index contributed by atoms with van der Waals surface area (Å²) in [6, 6.07) is 6.94. The number of fused-ring (bicyclic) bond motifs is 1. The molecule has 1 amide bonds. The lowest BCUT2D eigenvalue weighted by atomic mass is 10.3. The number of benzene rings is 1. The summed E-state index contributed by atoms with van der Waals surface area (Å²) < 4.78 is 6.28. The van der Waals surface area contributed by atoms with Gasteiger partial charge in [-0.3, -0.25) is 14.2 Å². The van der Waals surface area contributed by atoms with Crippen molar-refractivity contribution < 1.29 is 14.0 Å². The van der Waals surface area contributed by atoms with Gasteiger partial charge in [-0.1, -0.05) is 12.1 Å². The van der Waals surface area contributed by atoms with Gasteiger partial charge in [0.2, 0.25) is 0 Å². The average molecular weight is 236 g/mol. The van der Waals surface area contributed by atoms with Gasteiger partial charge in [0, 0.05) is 7.05 Å². The lowest BCUT2D eigenvalue weighted by molar-refractivity contribution is -0.169. The Labute approximate surface area is 96.9 Å². The van der Waals surface area contributed by atoms with Gasteiger partial charge in [-0.05, 0) is 12.1 Å². The number of nitrogens with zero attached hydrogens (tertiary/aromatic N) is 2. The molecule has 0 aliphatic heterocycles. The van der Waals surface area contributed by atoms with E-state index in [1.165, 1.54) is 18.7 Å². The first-order valence-corrected chi connectivity index (χ1v) is 5.02. The van der Waals surface area contributed by atoms with Crippen LogP contribution in [0.4, 0.5) is 0 Å². The van der Waals surface area contributed by atoms with Crippen LogP contribution in [0.25, 0.3) is 11.1 Å². The maximum absolute atomic E-state index is 11.6. The molecule has 6 heteroatoms. The second kappa shape index (κ2) is 4.42. The Morgan fingerprint density at radius 3 is 2.88 bits per heavy atom. The summed E-state index contributed by atoms with van der Waals surface area (Å²) in [4.78, 5) is 28.0. The zero-order chi connectivity index (χ0) is 12.4. The zero-order valence-electron chi connectivity index (χ0n) is 9.54. The second-order valence-electron chi connectivity index (χ2n) is 3.50. The number of amides is 1. The van der Waals surface area contributed by atoms with E-state index in [1.807, 2.05) is 0 Å². The molecule has 1 heterocycles. The van der Waals surface area contributed by atoms with Gasteiger partial charge in [-0.2, -0.15) is 0 Å². The molecule has 0 aliphatic rings. The molecule has 0 radical (unpaired) electrons. The van der Waals surface area contributed by atoms with Gasteiger partial charge in [-0.15, -0.1) is 0 Å². The molecule has 6 nitrogen and oxygen atoms in total. The first kappa shape index (κ1) is 11.4. The molecule has 90 valence electrons. The van der Waals surface area contributed by atoms with E-state index >= 15 is 0 Å². The van der Waals surface area contributed by atoms with Crippen molar-refractivity contribution in [3.05, 3.63) is 34.8 Å². The summed E-state index contributed by atoms with van der Waals surface area (Å²) in [5.41, 5.74) is 1.06. The predicted molar refractivity (Wildman–Crippen MR) is 60.3 cm³/mol. The van der Waals surface area contributed by atoms with Gasteiger partial charge in [0.15, 0.2) is 5.58 Å². The van der Waals surface area contributed by atoms with Gasteiger partial charge in [-0.25, -0.2) is 9.86 Å². The molecule has 0 aliphatic carbocycles. The number of para-hydroxylation sites is 2. The van der Waals surface area contributed by atoms with Crippen LogP contribution >= 0.6 is 0 Å². The Hall–Kier alpha value is -2.08. The van der Waals surface area contributed by atoms with Crippen molar-refractivity contribution in [2.24, 2.45) is 0 Å². The Balaban J connectivity index is 2.39. The van der Waals surface area contributed by atoms with Gasteiger partial charge in [0.1, 0.15) is 6.54 Å². The molecule has 2 rings (SSSR count). The van der Waals surface area contributed by atoms with E-state index in [1.54, 1.807) is 24.3 Å². The van der Waals surface area contributed by atoms with Gasteiger partial charge in [0.25, 0.3) is 5.91 Å². The van der Waals surface area contributed by atoms with Crippen molar-refractivity contribution in [2.75, 3.05) is 14.2 Å². The molecule has 0 unspecified atom stereocenters. The number of hydrogen-bond donors (Lipinski definition) is 0. The van der Waals surface area contributed by atoms with E-state index < -0.39 is 5.76 Å². The molecule has 0 spiro atoms. The number of likely N-dealkylation sites (N-methyl/N-ethyl adjacent to an activating group) is 1. The predicted octanol–water partition coefficient (Wildman–Crippen LogP) is 0.614. The fraction of sp³-hybridized carbons (Fsp3) is 0.273. The van der Waals surface area contributed by atoms with E-state index in [-0.39, 0.29) is 12.5 Å². The van der Waals surface area contributed by atoms with Crippen LogP contribution in [-0.2, 0) is 16.2 Å². The van der Waals surface area contributed by atoms with Gasteiger partial charge >= 0.3 is 5.76 Å². The van der Waals surface area contributed by atoms with Crippen molar-refractivity contribution in [1.29, 1.82) is 0 Å². The Morgan fingerprint density at radius 2 is 2.18 bits per heavy atom. The van der Waals surface area contributed by atoms with Crippen LogP contribution in [0.15, 0.2) is 33.5 Å². The van der Waals surface area contributed by atoms with Crippen molar-refractivity contribution >= 4 is 17.0 Å². The fourth-order valence-corrected chi connectivity index (χ4v) is 1.50. The molecule has 0 N–H and O–H groups in total. The molecule has 1 aromatic heterocycles. The van der Waals surface area contributed by atoms with Crippen LogP contribution in [0.5, 0.6) is 0 Å². The standard InChI is InChI=1S/C11H12N2O4/c1-12(16-2)10(14)7-13-8-5-3-4-6-9(8)17-11(13)15/h3-6H,7H2,1-2H3. The molecule has 2 aromatic rings. The Morgan fingerprint density at radius 1 is 1.47 bits per heavy atom. The molecule has 0 bridgehead atoms. The highest BCUT2D eigenvalue weighted by Crippen LogP contribution is 2.11.